The molecule has 0 aromatic rings. The van der Waals surface area contributed by atoms with Crippen molar-refractivity contribution in [1.29, 1.82) is 0 Å². The molecule has 2 aliphatic rings. The van der Waals surface area contributed by atoms with Gasteiger partial charge in [-0.3, -0.25) is 0 Å². The molecule has 2 aliphatic heterocycles. The van der Waals surface area contributed by atoms with Crippen molar-refractivity contribution in [3.63, 3.8) is 0 Å². The Labute approximate surface area is 72.3 Å². The first-order valence-electron chi connectivity index (χ1n) is 4.32. The summed E-state index contributed by atoms with van der Waals surface area (Å²) in [7, 11) is 0. The van der Waals surface area contributed by atoms with E-state index in [1.165, 1.54) is 6.26 Å². The monoisotopic (exact) mass is 170 g/mol. The van der Waals surface area contributed by atoms with Gasteiger partial charge in [0.25, 0.3) is 0 Å². The molecule has 0 aromatic heterocycles. The number of hydrogen-bond acceptors (Lipinski definition) is 3. The van der Waals surface area contributed by atoms with Gasteiger partial charge in [-0.25, -0.2) is 0 Å². The summed E-state index contributed by atoms with van der Waals surface area (Å²) in [5.74, 6) is 0.494. The summed E-state index contributed by atoms with van der Waals surface area (Å²) in [6.07, 6.45) is 1.87. The third-order valence-electron chi connectivity index (χ3n) is 2.53. The molecule has 3 heteroatoms. The molecule has 0 spiro atoms. The molecule has 12 heavy (non-hydrogen) atoms. The predicted octanol–water partition coefficient (Wildman–Crippen LogP) is 0.949. The Balaban J connectivity index is 2.00. The zero-order valence-electron chi connectivity index (χ0n) is 7.23. The van der Waals surface area contributed by atoms with Crippen LogP contribution in [0.25, 0.3) is 0 Å². The first-order valence-corrected chi connectivity index (χ1v) is 4.32. The minimum absolute atomic E-state index is 0.0532. The van der Waals surface area contributed by atoms with E-state index in [9.17, 15) is 0 Å². The van der Waals surface area contributed by atoms with Gasteiger partial charge in [-0.1, -0.05) is 13.5 Å². The van der Waals surface area contributed by atoms with E-state index < -0.39 is 0 Å². The molecule has 2 heterocycles. The van der Waals surface area contributed by atoms with Gasteiger partial charge in [-0.15, -0.1) is 0 Å². The van der Waals surface area contributed by atoms with Gasteiger partial charge in [0, 0.05) is 5.92 Å². The van der Waals surface area contributed by atoms with E-state index in [1.807, 2.05) is 0 Å². The minimum atomic E-state index is 0.0532. The Morgan fingerprint density at radius 1 is 1.33 bits per heavy atom. The van der Waals surface area contributed by atoms with Crippen molar-refractivity contribution in [1.82, 2.24) is 0 Å². The fraction of sp³-hybridized carbons (Fsp3) is 0.778. The van der Waals surface area contributed by atoms with Gasteiger partial charge in [0.15, 0.2) is 0 Å². The SMILES string of the molecule is C=CO[C@@H]1CO[C@H]2[C@@H]1OC[C@@H]2C. The molecule has 2 rings (SSSR count). The van der Waals surface area contributed by atoms with Gasteiger partial charge < -0.3 is 14.2 Å². The Bertz CT molecular complexity index is 181. The number of fused-ring (bicyclic) bond motifs is 1. The van der Waals surface area contributed by atoms with Crippen LogP contribution >= 0.6 is 0 Å². The molecule has 2 saturated heterocycles. The van der Waals surface area contributed by atoms with Crippen LogP contribution in [0.15, 0.2) is 12.8 Å². The molecule has 0 aromatic carbocycles. The third kappa shape index (κ3) is 1.13. The van der Waals surface area contributed by atoms with E-state index in [0.29, 0.717) is 12.5 Å². The lowest BCUT2D eigenvalue weighted by atomic mass is 10.0. The molecule has 0 N–H and O–H groups in total. The maximum atomic E-state index is 5.56. The Kier molecular flexibility index (Phi) is 2.07. The fourth-order valence-corrected chi connectivity index (χ4v) is 1.90. The number of rotatable bonds is 2. The summed E-state index contributed by atoms with van der Waals surface area (Å²) in [6.45, 7) is 7.08. The van der Waals surface area contributed by atoms with E-state index in [0.717, 1.165) is 6.61 Å². The van der Waals surface area contributed by atoms with Crippen molar-refractivity contribution in [2.45, 2.75) is 25.2 Å². The zero-order valence-corrected chi connectivity index (χ0v) is 7.23. The molecule has 2 fully saturated rings. The molecule has 0 unspecified atom stereocenters. The summed E-state index contributed by atoms with van der Waals surface area (Å²) in [5.41, 5.74) is 0. The molecule has 0 saturated carbocycles. The van der Waals surface area contributed by atoms with Crippen LogP contribution in [0.3, 0.4) is 0 Å². The topological polar surface area (TPSA) is 27.7 Å². The molecule has 0 aliphatic carbocycles. The summed E-state index contributed by atoms with van der Waals surface area (Å²) in [5, 5.41) is 0. The van der Waals surface area contributed by atoms with E-state index in [2.05, 4.69) is 13.5 Å². The molecule has 0 bridgehead atoms. The molecule has 68 valence electrons. The molecular formula is C9H14O3. The van der Waals surface area contributed by atoms with Crippen LogP contribution in [0.4, 0.5) is 0 Å². The molecule has 0 radical (unpaired) electrons. The fourth-order valence-electron chi connectivity index (χ4n) is 1.90. The third-order valence-corrected chi connectivity index (χ3v) is 2.53. The van der Waals surface area contributed by atoms with Crippen LogP contribution in [0.1, 0.15) is 6.92 Å². The van der Waals surface area contributed by atoms with Gasteiger partial charge in [0.1, 0.15) is 12.2 Å². The second kappa shape index (κ2) is 3.07. The van der Waals surface area contributed by atoms with Crippen molar-refractivity contribution < 1.29 is 14.2 Å². The highest BCUT2D eigenvalue weighted by Gasteiger charge is 2.46. The zero-order chi connectivity index (χ0) is 8.55. The lowest BCUT2D eigenvalue weighted by Gasteiger charge is -2.14. The molecule has 4 atom stereocenters. The average molecular weight is 170 g/mol. The van der Waals surface area contributed by atoms with E-state index in [-0.39, 0.29) is 18.3 Å². The van der Waals surface area contributed by atoms with Gasteiger partial charge in [-0.05, 0) is 0 Å². The maximum absolute atomic E-state index is 5.56. The van der Waals surface area contributed by atoms with Crippen molar-refractivity contribution in [2.75, 3.05) is 13.2 Å². The number of ether oxygens (including phenoxy) is 3. The average Bonchev–Trinajstić information content (AvgIpc) is 2.58. The quantitative estimate of drug-likeness (QED) is 0.577. The Morgan fingerprint density at radius 2 is 2.08 bits per heavy atom. The van der Waals surface area contributed by atoms with Crippen LogP contribution in [-0.2, 0) is 14.2 Å². The summed E-state index contributed by atoms with van der Waals surface area (Å²) < 4.78 is 16.4. The second-order valence-electron chi connectivity index (χ2n) is 3.41. The molecular weight excluding hydrogens is 156 g/mol. The van der Waals surface area contributed by atoms with Crippen molar-refractivity contribution in [2.24, 2.45) is 5.92 Å². The van der Waals surface area contributed by atoms with Gasteiger partial charge in [0.05, 0.1) is 25.6 Å². The largest absolute Gasteiger partial charge is 0.493 e. The van der Waals surface area contributed by atoms with Crippen molar-refractivity contribution in [3.8, 4) is 0 Å². The standard InChI is InChI=1S/C9H14O3/c1-3-10-7-5-12-8-6(2)4-11-9(7)8/h3,6-9H,1,4-5H2,2H3/t6-,7+,8+,9+/m0/s1. The highest BCUT2D eigenvalue weighted by molar-refractivity contribution is 4.93. The Hall–Kier alpha value is -0.540. The van der Waals surface area contributed by atoms with E-state index >= 15 is 0 Å². The van der Waals surface area contributed by atoms with Crippen molar-refractivity contribution >= 4 is 0 Å². The predicted molar refractivity (Wildman–Crippen MR) is 43.7 cm³/mol. The van der Waals surface area contributed by atoms with Gasteiger partial charge in [0.2, 0.25) is 0 Å². The van der Waals surface area contributed by atoms with Gasteiger partial charge in [-0.2, -0.15) is 0 Å². The highest BCUT2D eigenvalue weighted by Crippen LogP contribution is 2.32. The first-order chi connectivity index (χ1) is 5.83. The summed E-state index contributed by atoms with van der Waals surface area (Å²) in [6, 6.07) is 0. The van der Waals surface area contributed by atoms with Crippen LogP contribution in [-0.4, -0.2) is 31.5 Å². The lowest BCUT2D eigenvalue weighted by Crippen LogP contribution is -2.29. The van der Waals surface area contributed by atoms with Crippen molar-refractivity contribution in [3.05, 3.63) is 12.8 Å². The van der Waals surface area contributed by atoms with Crippen LogP contribution in [0, 0.1) is 5.92 Å². The maximum Gasteiger partial charge on any atom is 0.150 e. The highest BCUT2D eigenvalue weighted by atomic mass is 16.6. The first kappa shape index (κ1) is 8.08. The van der Waals surface area contributed by atoms with Crippen LogP contribution < -0.4 is 0 Å². The smallest absolute Gasteiger partial charge is 0.150 e. The van der Waals surface area contributed by atoms with E-state index in [4.69, 9.17) is 14.2 Å². The van der Waals surface area contributed by atoms with E-state index in [1.54, 1.807) is 0 Å². The van der Waals surface area contributed by atoms with Crippen LogP contribution in [0.2, 0.25) is 0 Å². The van der Waals surface area contributed by atoms with Gasteiger partial charge >= 0.3 is 0 Å². The van der Waals surface area contributed by atoms with Crippen LogP contribution in [0.5, 0.6) is 0 Å². The minimum Gasteiger partial charge on any atom is -0.493 e. The normalized spacial score (nSPS) is 45.8. The lowest BCUT2D eigenvalue weighted by molar-refractivity contribution is 0.00892. The molecule has 0 amide bonds. The second-order valence-corrected chi connectivity index (χ2v) is 3.41. The Morgan fingerprint density at radius 3 is 2.83 bits per heavy atom. The number of hydrogen-bond donors (Lipinski definition) is 0. The summed E-state index contributed by atoms with van der Waals surface area (Å²) in [4.78, 5) is 0. The summed E-state index contributed by atoms with van der Waals surface area (Å²) >= 11 is 0. The molecule has 3 nitrogen and oxygen atoms in total.